The molecule has 34 heavy (non-hydrogen) atoms. The van der Waals surface area contributed by atoms with E-state index in [2.05, 4.69) is 88.4 Å². The number of tetrazole rings is 1. The Kier molecular flexibility index (Phi) is 6.21. The Hall–Kier alpha value is -3.80. The van der Waals surface area contributed by atoms with Crippen molar-refractivity contribution in [2.24, 2.45) is 0 Å². The zero-order valence-corrected chi connectivity index (χ0v) is 20.0. The van der Waals surface area contributed by atoms with E-state index in [-0.39, 0.29) is 0 Å². The second-order valence-corrected chi connectivity index (χ2v) is 8.88. The molecule has 0 bridgehead atoms. The number of aromatic nitrogens is 6. The van der Waals surface area contributed by atoms with Gasteiger partial charge in [-0.2, -0.15) is 0 Å². The molecule has 6 nitrogen and oxygen atoms in total. The van der Waals surface area contributed by atoms with Crippen molar-refractivity contribution >= 4 is 11.0 Å². The molecule has 5 aromatic rings. The second kappa shape index (κ2) is 9.59. The van der Waals surface area contributed by atoms with Crippen molar-refractivity contribution < 1.29 is 0 Å². The molecular weight excluding hydrogens is 420 g/mol. The standard InChI is InChI=1S/C28H30N6/c1-4-8-22-16-19(3)26-17-23(9-5-2)34(28(26)29-22)18-20-12-14-21(15-13-20)24-10-6-7-11-25(24)27-30-32-33-31-27/h6-7,10-17H,4-5,8-9,18H2,1-3H3,(H,30,31,32,33). The van der Waals surface area contributed by atoms with Gasteiger partial charge in [0.15, 0.2) is 5.82 Å². The van der Waals surface area contributed by atoms with E-state index >= 15 is 0 Å². The van der Waals surface area contributed by atoms with Gasteiger partial charge in [-0.1, -0.05) is 75.2 Å². The van der Waals surface area contributed by atoms with Crippen LogP contribution in [0.4, 0.5) is 0 Å². The molecule has 0 amide bonds. The molecule has 0 unspecified atom stereocenters. The number of H-pyrrole nitrogens is 1. The van der Waals surface area contributed by atoms with E-state index in [1.165, 1.54) is 27.9 Å². The van der Waals surface area contributed by atoms with E-state index < -0.39 is 0 Å². The number of fused-ring (bicyclic) bond motifs is 1. The predicted molar refractivity (Wildman–Crippen MR) is 137 cm³/mol. The average molecular weight is 451 g/mol. The van der Waals surface area contributed by atoms with Gasteiger partial charge in [0.05, 0.1) is 0 Å². The van der Waals surface area contributed by atoms with Gasteiger partial charge in [0, 0.05) is 28.9 Å². The van der Waals surface area contributed by atoms with Crippen molar-refractivity contribution in [1.82, 2.24) is 30.2 Å². The first-order valence-electron chi connectivity index (χ1n) is 12.1. The summed E-state index contributed by atoms with van der Waals surface area (Å²) in [6.07, 6.45) is 4.28. The topological polar surface area (TPSA) is 72.3 Å². The summed E-state index contributed by atoms with van der Waals surface area (Å²) in [5.41, 5.74) is 9.46. The van der Waals surface area contributed by atoms with E-state index in [0.717, 1.165) is 54.6 Å². The highest BCUT2D eigenvalue weighted by Gasteiger charge is 2.14. The first-order valence-corrected chi connectivity index (χ1v) is 12.1. The Morgan fingerprint density at radius 1 is 0.882 bits per heavy atom. The molecule has 1 N–H and O–H groups in total. The highest BCUT2D eigenvalue weighted by molar-refractivity contribution is 5.82. The fraction of sp³-hybridized carbons (Fsp3) is 0.286. The average Bonchev–Trinajstić information content (AvgIpc) is 3.50. The maximum absolute atomic E-state index is 5.07. The minimum atomic E-state index is 0.673. The SMILES string of the molecule is CCCc1cc(C)c2cc(CCC)n(Cc3ccc(-c4ccccc4-c4nnn[nH]4)cc3)c2n1. The van der Waals surface area contributed by atoms with Gasteiger partial charge in [0.2, 0.25) is 0 Å². The van der Waals surface area contributed by atoms with Gasteiger partial charge in [-0.3, -0.25) is 0 Å². The first-order chi connectivity index (χ1) is 16.7. The van der Waals surface area contributed by atoms with Crippen molar-refractivity contribution in [3.8, 4) is 22.5 Å². The highest BCUT2D eigenvalue weighted by Crippen LogP contribution is 2.30. The summed E-state index contributed by atoms with van der Waals surface area (Å²) < 4.78 is 2.41. The number of nitrogens with zero attached hydrogens (tertiary/aromatic N) is 5. The van der Waals surface area contributed by atoms with Crippen LogP contribution in [0.15, 0.2) is 60.7 Å². The first kappa shape index (κ1) is 22.0. The third-order valence-corrected chi connectivity index (χ3v) is 6.36. The number of hydrogen-bond donors (Lipinski definition) is 1. The maximum atomic E-state index is 5.07. The molecule has 3 heterocycles. The van der Waals surface area contributed by atoms with Crippen LogP contribution < -0.4 is 0 Å². The summed E-state index contributed by atoms with van der Waals surface area (Å²) in [6.45, 7) is 7.47. The van der Waals surface area contributed by atoms with Crippen molar-refractivity contribution in [3.63, 3.8) is 0 Å². The van der Waals surface area contributed by atoms with Crippen LogP contribution in [0.5, 0.6) is 0 Å². The van der Waals surface area contributed by atoms with Crippen molar-refractivity contribution in [2.45, 2.75) is 53.0 Å². The van der Waals surface area contributed by atoms with E-state index in [1.807, 2.05) is 18.2 Å². The molecule has 3 aromatic heterocycles. The van der Waals surface area contributed by atoms with Crippen LogP contribution in [0.25, 0.3) is 33.5 Å². The zero-order valence-electron chi connectivity index (χ0n) is 20.0. The lowest BCUT2D eigenvalue weighted by atomic mass is 9.98. The van der Waals surface area contributed by atoms with Gasteiger partial charge in [0.1, 0.15) is 5.65 Å². The summed E-state index contributed by atoms with van der Waals surface area (Å²) in [5, 5.41) is 15.7. The lowest BCUT2D eigenvalue weighted by Crippen LogP contribution is -2.06. The molecule has 2 aromatic carbocycles. The molecule has 0 aliphatic heterocycles. The molecule has 172 valence electrons. The van der Waals surface area contributed by atoms with Gasteiger partial charge in [-0.25, -0.2) is 10.1 Å². The quantitative estimate of drug-likeness (QED) is 0.308. The zero-order chi connectivity index (χ0) is 23.5. The van der Waals surface area contributed by atoms with Crippen LogP contribution in [-0.4, -0.2) is 30.2 Å². The summed E-state index contributed by atoms with van der Waals surface area (Å²) >= 11 is 0. The number of benzene rings is 2. The van der Waals surface area contributed by atoms with Gasteiger partial charge >= 0.3 is 0 Å². The normalized spacial score (nSPS) is 11.4. The number of aryl methyl sites for hydroxylation is 3. The minimum Gasteiger partial charge on any atom is -0.325 e. The van der Waals surface area contributed by atoms with Crippen molar-refractivity contribution in [2.75, 3.05) is 0 Å². The largest absolute Gasteiger partial charge is 0.325 e. The summed E-state index contributed by atoms with van der Waals surface area (Å²) in [7, 11) is 0. The third-order valence-electron chi connectivity index (χ3n) is 6.36. The monoisotopic (exact) mass is 450 g/mol. The molecule has 6 heteroatoms. The lowest BCUT2D eigenvalue weighted by molar-refractivity contribution is 0.736. The molecule has 0 saturated heterocycles. The van der Waals surface area contributed by atoms with Gasteiger partial charge in [-0.15, -0.1) is 5.10 Å². The molecular formula is C28H30N6. The van der Waals surface area contributed by atoms with Crippen LogP contribution in [-0.2, 0) is 19.4 Å². The number of aromatic amines is 1. The van der Waals surface area contributed by atoms with Crippen LogP contribution in [0, 0.1) is 6.92 Å². The fourth-order valence-corrected chi connectivity index (χ4v) is 4.71. The Bertz CT molecular complexity index is 1400. The molecule has 0 radical (unpaired) electrons. The lowest BCUT2D eigenvalue weighted by Gasteiger charge is -2.12. The molecule has 5 rings (SSSR count). The number of pyridine rings is 1. The summed E-state index contributed by atoms with van der Waals surface area (Å²) in [4.78, 5) is 5.07. The highest BCUT2D eigenvalue weighted by atomic mass is 15.5. The van der Waals surface area contributed by atoms with Crippen molar-refractivity contribution in [1.29, 1.82) is 0 Å². The van der Waals surface area contributed by atoms with Gasteiger partial charge in [-0.05, 0) is 64.6 Å². The van der Waals surface area contributed by atoms with Crippen molar-refractivity contribution in [3.05, 3.63) is 83.2 Å². The van der Waals surface area contributed by atoms with Crippen LogP contribution in [0.1, 0.15) is 49.2 Å². The number of nitrogens with one attached hydrogen (secondary N) is 1. The Labute approximate surface area is 200 Å². The maximum Gasteiger partial charge on any atom is 0.180 e. The third kappa shape index (κ3) is 4.23. The summed E-state index contributed by atoms with van der Waals surface area (Å²) in [5.74, 6) is 0.673. The Balaban J connectivity index is 1.50. The smallest absolute Gasteiger partial charge is 0.180 e. The summed E-state index contributed by atoms with van der Waals surface area (Å²) in [6, 6.07) is 21.6. The fourth-order valence-electron chi connectivity index (χ4n) is 4.71. The van der Waals surface area contributed by atoms with Gasteiger partial charge < -0.3 is 4.57 Å². The van der Waals surface area contributed by atoms with E-state index in [0.29, 0.717) is 5.82 Å². The molecule has 0 fully saturated rings. The molecule has 0 spiro atoms. The second-order valence-electron chi connectivity index (χ2n) is 8.88. The predicted octanol–water partition coefficient (Wildman–Crippen LogP) is 6.15. The number of rotatable bonds is 8. The van der Waals surface area contributed by atoms with E-state index in [4.69, 9.17) is 4.98 Å². The molecule has 0 atom stereocenters. The molecule has 0 aliphatic rings. The molecule has 0 aliphatic carbocycles. The minimum absolute atomic E-state index is 0.673. The number of hydrogen-bond acceptors (Lipinski definition) is 4. The van der Waals surface area contributed by atoms with E-state index in [9.17, 15) is 0 Å². The molecule has 0 saturated carbocycles. The van der Waals surface area contributed by atoms with Crippen LogP contribution >= 0.6 is 0 Å². The Morgan fingerprint density at radius 2 is 1.65 bits per heavy atom. The van der Waals surface area contributed by atoms with Crippen LogP contribution in [0.3, 0.4) is 0 Å². The Morgan fingerprint density at radius 3 is 2.35 bits per heavy atom. The van der Waals surface area contributed by atoms with E-state index in [1.54, 1.807) is 0 Å². The van der Waals surface area contributed by atoms with Gasteiger partial charge in [0.25, 0.3) is 0 Å². The van der Waals surface area contributed by atoms with Crippen LogP contribution in [0.2, 0.25) is 0 Å².